The first-order valence-electron chi connectivity index (χ1n) is 6.39. The minimum absolute atomic E-state index is 0.0512. The van der Waals surface area contributed by atoms with Gasteiger partial charge >= 0.3 is 12.1 Å². The molecule has 0 aromatic heterocycles. The van der Waals surface area contributed by atoms with Crippen LogP contribution in [0, 0.1) is 5.82 Å². The highest BCUT2D eigenvalue weighted by Gasteiger charge is 2.25. The molecule has 1 atom stereocenters. The van der Waals surface area contributed by atoms with Gasteiger partial charge < -0.3 is 20.3 Å². The summed E-state index contributed by atoms with van der Waals surface area (Å²) in [7, 11) is 0. The summed E-state index contributed by atoms with van der Waals surface area (Å²) < 4.78 is 18.8. The Morgan fingerprint density at radius 3 is 2.50 bits per heavy atom. The van der Waals surface area contributed by atoms with Crippen molar-refractivity contribution in [2.75, 3.05) is 0 Å². The van der Waals surface area contributed by atoms with Crippen LogP contribution in [-0.2, 0) is 16.0 Å². The first-order valence-corrected chi connectivity index (χ1v) is 7.18. The van der Waals surface area contributed by atoms with E-state index in [-0.39, 0.29) is 12.0 Å². The van der Waals surface area contributed by atoms with Gasteiger partial charge in [-0.15, -0.1) is 0 Å². The molecule has 6 nitrogen and oxygen atoms in total. The van der Waals surface area contributed by atoms with Crippen LogP contribution in [-0.4, -0.2) is 33.9 Å². The van der Waals surface area contributed by atoms with Gasteiger partial charge in [-0.25, -0.2) is 14.0 Å². The van der Waals surface area contributed by atoms with Crippen molar-refractivity contribution in [2.45, 2.75) is 38.8 Å². The molecule has 122 valence electrons. The fourth-order valence-electron chi connectivity index (χ4n) is 1.64. The molecule has 0 radical (unpaired) electrons. The molecule has 0 aliphatic carbocycles. The van der Waals surface area contributed by atoms with E-state index in [0.717, 1.165) is 6.07 Å². The standard InChI is InChI=1S/C14H17BrFNO5/c1-14(2,3)22-13(21)17-10(12(19)20)5-7-4-8(15)6-9(16)11(7)18/h4,6,10,18H,5H2,1-3H3,(H,17,21)(H,19,20). The molecular weight excluding hydrogens is 361 g/mol. The first-order chi connectivity index (χ1) is 9.99. The predicted molar refractivity (Wildman–Crippen MR) is 80.3 cm³/mol. The molecule has 0 bridgehead atoms. The summed E-state index contributed by atoms with van der Waals surface area (Å²) in [6.45, 7) is 4.91. The van der Waals surface area contributed by atoms with E-state index in [1.807, 2.05) is 0 Å². The van der Waals surface area contributed by atoms with Gasteiger partial charge in [-0.2, -0.15) is 0 Å². The van der Waals surface area contributed by atoms with Crippen LogP contribution in [0.3, 0.4) is 0 Å². The van der Waals surface area contributed by atoms with Gasteiger partial charge in [0, 0.05) is 16.5 Å². The van der Waals surface area contributed by atoms with Crippen molar-refractivity contribution >= 4 is 28.0 Å². The fraction of sp³-hybridized carbons (Fsp3) is 0.429. The molecule has 1 amide bonds. The van der Waals surface area contributed by atoms with Crippen LogP contribution in [0.5, 0.6) is 5.75 Å². The van der Waals surface area contributed by atoms with Crippen LogP contribution in [0.1, 0.15) is 26.3 Å². The van der Waals surface area contributed by atoms with Gasteiger partial charge in [0.2, 0.25) is 0 Å². The highest BCUT2D eigenvalue weighted by molar-refractivity contribution is 9.10. The first kappa shape index (κ1) is 18.2. The van der Waals surface area contributed by atoms with Crippen molar-refractivity contribution in [3.63, 3.8) is 0 Å². The molecule has 0 spiro atoms. The Kier molecular flexibility index (Phi) is 5.76. The number of hydrogen-bond acceptors (Lipinski definition) is 4. The summed E-state index contributed by atoms with van der Waals surface area (Å²) in [5.41, 5.74) is -0.729. The van der Waals surface area contributed by atoms with E-state index >= 15 is 0 Å². The van der Waals surface area contributed by atoms with E-state index in [1.165, 1.54) is 6.07 Å². The van der Waals surface area contributed by atoms with E-state index in [4.69, 9.17) is 9.84 Å². The number of phenols is 1. The van der Waals surface area contributed by atoms with Crippen molar-refractivity contribution in [1.82, 2.24) is 5.32 Å². The lowest BCUT2D eigenvalue weighted by molar-refractivity contribution is -0.139. The number of carbonyl (C=O) groups is 2. The molecule has 8 heteroatoms. The predicted octanol–water partition coefficient (Wildman–Crippen LogP) is 2.81. The van der Waals surface area contributed by atoms with Crippen LogP contribution < -0.4 is 5.32 Å². The average Bonchev–Trinajstić information content (AvgIpc) is 2.31. The summed E-state index contributed by atoms with van der Waals surface area (Å²) in [5, 5.41) is 21.0. The van der Waals surface area contributed by atoms with Gasteiger partial charge in [0.05, 0.1) is 0 Å². The number of phenolic OH excluding ortho intramolecular Hbond substituents is 1. The van der Waals surface area contributed by atoms with Gasteiger partial charge in [-0.1, -0.05) is 15.9 Å². The number of aliphatic carboxylic acids is 1. The Morgan fingerprint density at radius 1 is 1.41 bits per heavy atom. The second-order valence-corrected chi connectivity index (χ2v) is 6.55. The zero-order valence-electron chi connectivity index (χ0n) is 12.3. The summed E-state index contributed by atoms with van der Waals surface area (Å²) in [6, 6.07) is 1.07. The highest BCUT2D eigenvalue weighted by atomic mass is 79.9. The Balaban J connectivity index is 2.90. The van der Waals surface area contributed by atoms with Gasteiger partial charge in [-0.3, -0.25) is 0 Å². The third kappa shape index (κ3) is 5.51. The lowest BCUT2D eigenvalue weighted by Crippen LogP contribution is -2.44. The minimum Gasteiger partial charge on any atom is -0.505 e. The van der Waals surface area contributed by atoms with Crippen LogP contribution in [0.2, 0.25) is 0 Å². The van der Waals surface area contributed by atoms with E-state index < -0.39 is 35.3 Å². The molecule has 1 aromatic carbocycles. The third-order valence-electron chi connectivity index (χ3n) is 2.52. The zero-order chi connectivity index (χ0) is 17.1. The number of ether oxygens (including phenoxy) is 1. The SMILES string of the molecule is CC(C)(C)OC(=O)NC(Cc1cc(Br)cc(F)c1O)C(=O)O. The second-order valence-electron chi connectivity index (χ2n) is 5.64. The van der Waals surface area contributed by atoms with Crippen molar-refractivity contribution in [3.05, 3.63) is 28.0 Å². The highest BCUT2D eigenvalue weighted by Crippen LogP contribution is 2.27. The molecule has 22 heavy (non-hydrogen) atoms. The number of nitrogens with one attached hydrogen (secondary N) is 1. The number of rotatable bonds is 4. The number of amides is 1. The topological polar surface area (TPSA) is 95.9 Å². The van der Waals surface area contributed by atoms with E-state index in [9.17, 15) is 19.1 Å². The molecule has 0 saturated heterocycles. The maximum absolute atomic E-state index is 13.4. The smallest absolute Gasteiger partial charge is 0.408 e. The molecule has 0 heterocycles. The molecule has 1 rings (SSSR count). The minimum atomic E-state index is -1.37. The molecule has 1 aromatic rings. The van der Waals surface area contributed by atoms with Crippen molar-refractivity contribution in [2.24, 2.45) is 0 Å². The number of aromatic hydroxyl groups is 1. The Hall–Kier alpha value is -1.83. The number of alkyl carbamates (subject to hydrolysis) is 1. The quantitative estimate of drug-likeness (QED) is 0.749. The lowest BCUT2D eigenvalue weighted by atomic mass is 10.0. The maximum Gasteiger partial charge on any atom is 0.408 e. The summed E-state index contributed by atoms with van der Waals surface area (Å²) in [4.78, 5) is 22.9. The second kappa shape index (κ2) is 6.95. The molecule has 1 unspecified atom stereocenters. The van der Waals surface area contributed by atoms with Crippen molar-refractivity contribution in [1.29, 1.82) is 0 Å². The molecule has 0 aliphatic heterocycles. The largest absolute Gasteiger partial charge is 0.505 e. The number of carbonyl (C=O) groups excluding carboxylic acids is 1. The third-order valence-corrected chi connectivity index (χ3v) is 2.98. The Labute approximate surface area is 135 Å². The number of hydrogen-bond donors (Lipinski definition) is 3. The average molecular weight is 378 g/mol. The van der Waals surface area contributed by atoms with Crippen LogP contribution >= 0.6 is 15.9 Å². The summed E-state index contributed by atoms with van der Waals surface area (Å²) in [5.74, 6) is -2.86. The Bertz CT molecular complexity index is 585. The van der Waals surface area contributed by atoms with E-state index in [0.29, 0.717) is 4.47 Å². The lowest BCUT2D eigenvalue weighted by Gasteiger charge is -2.22. The summed E-state index contributed by atoms with van der Waals surface area (Å²) in [6.07, 6.45) is -1.20. The van der Waals surface area contributed by atoms with E-state index in [1.54, 1.807) is 20.8 Å². The van der Waals surface area contributed by atoms with E-state index in [2.05, 4.69) is 21.2 Å². The molecule has 0 saturated carbocycles. The normalized spacial score (nSPS) is 12.6. The fourth-order valence-corrected chi connectivity index (χ4v) is 2.12. The van der Waals surface area contributed by atoms with Gasteiger partial charge in [0.25, 0.3) is 0 Å². The molecule has 3 N–H and O–H groups in total. The number of carboxylic acid groups (broad SMARTS) is 1. The van der Waals surface area contributed by atoms with Crippen LogP contribution in [0.25, 0.3) is 0 Å². The molecule has 0 aliphatic rings. The monoisotopic (exact) mass is 377 g/mol. The van der Waals surface area contributed by atoms with Gasteiger partial charge in [0.15, 0.2) is 11.6 Å². The Morgan fingerprint density at radius 2 is 2.00 bits per heavy atom. The maximum atomic E-state index is 13.4. The van der Waals surface area contributed by atoms with Gasteiger partial charge in [0.1, 0.15) is 11.6 Å². The van der Waals surface area contributed by atoms with Crippen LogP contribution in [0.15, 0.2) is 16.6 Å². The summed E-state index contributed by atoms with van der Waals surface area (Å²) >= 11 is 3.05. The zero-order valence-corrected chi connectivity index (χ0v) is 13.9. The molecule has 0 fully saturated rings. The van der Waals surface area contributed by atoms with Crippen LogP contribution in [0.4, 0.5) is 9.18 Å². The van der Waals surface area contributed by atoms with Crippen molar-refractivity contribution < 1.29 is 28.9 Å². The van der Waals surface area contributed by atoms with Gasteiger partial charge in [-0.05, 0) is 32.9 Å². The number of benzene rings is 1. The number of carboxylic acids is 1. The molecular formula is C14H17BrFNO5. The van der Waals surface area contributed by atoms with Crippen molar-refractivity contribution in [3.8, 4) is 5.75 Å². The number of halogens is 2.